The van der Waals surface area contributed by atoms with Gasteiger partial charge in [-0.1, -0.05) is 6.08 Å². The molecule has 2 heteroatoms. The highest BCUT2D eigenvalue weighted by Gasteiger charge is 1.63. The lowest BCUT2D eigenvalue weighted by molar-refractivity contribution is 1.57. The highest BCUT2D eigenvalue weighted by Crippen LogP contribution is 1.92. The molecule has 0 aromatic heterocycles. The summed E-state index contributed by atoms with van der Waals surface area (Å²) in [6, 6.07) is 0. The third kappa shape index (κ3) is 3.58. The van der Waals surface area contributed by atoms with Crippen molar-refractivity contribution in [2.24, 2.45) is 0 Å². The Bertz CT molecular complexity index is 80.0. The van der Waals surface area contributed by atoms with Gasteiger partial charge in [-0.15, -0.1) is 0 Å². The van der Waals surface area contributed by atoms with E-state index in [9.17, 15) is 0 Å². The summed E-state index contributed by atoms with van der Waals surface area (Å²) in [5.74, 6) is 0. The van der Waals surface area contributed by atoms with Gasteiger partial charge in [0.05, 0.1) is 0 Å². The molecule has 1 nitrogen and oxygen atoms in total. The molecule has 0 unspecified atom stereocenters. The minimum atomic E-state index is 1.01. The maximum Gasteiger partial charge on any atom is 0.138 e. The molecule has 0 N–H and O–H groups in total. The van der Waals surface area contributed by atoms with Crippen LogP contribution in [0.25, 0.3) is 0 Å². The highest BCUT2D eigenvalue weighted by atomic mass is 32.2. The molecule has 0 heterocycles. The van der Waals surface area contributed by atoms with Crippen LogP contribution in [0.15, 0.2) is 6.08 Å². The molecular formula is C4H4NS. The Balaban J connectivity index is 2.92. The summed E-state index contributed by atoms with van der Waals surface area (Å²) in [4.78, 5) is 0. The van der Waals surface area contributed by atoms with E-state index in [-0.39, 0.29) is 0 Å². The molecule has 0 aliphatic carbocycles. The molecule has 0 amide bonds. The summed E-state index contributed by atoms with van der Waals surface area (Å²) < 4.78 is 0. The number of nitrogens with zero attached hydrogens (tertiary/aromatic N) is 1. The summed E-state index contributed by atoms with van der Waals surface area (Å²) in [6.07, 6.45) is 1.70. The third-order valence-electron chi connectivity index (χ3n) is 0.222. The molecule has 6 heavy (non-hydrogen) atoms. The molecule has 0 spiro atoms. The van der Waals surface area contributed by atoms with E-state index < -0.39 is 0 Å². The van der Waals surface area contributed by atoms with Crippen LogP contribution >= 0.6 is 11.8 Å². The Kier molecular flexibility index (Phi) is 4.26. The van der Waals surface area contributed by atoms with Crippen LogP contribution in [-0.4, -0.2) is 0 Å². The van der Waals surface area contributed by atoms with Gasteiger partial charge in [-0.25, -0.2) is 0 Å². The van der Waals surface area contributed by atoms with Gasteiger partial charge in [-0.3, -0.25) is 0 Å². The molecule has 0 aliphatic heterocycles. The van der Waals surface area contributed by atoms with E-state index >= 15 is 0 Å². The van der Waals surface area contributed by atoms with E-state index in [0.717, 1.165) is 11.8 Å². The van der Waals surface area contributed by atoms with E-state index in [1.165, 1.54) is 0 Å². The molecule has 1 radical (unpaired) electrons. The first kappa shape index (κ1) is 5.58. The number of hydrogen-bond donors (Lipinski definition) is 0. The van der Waals surface area contributed by atoms with Crippen molar-refractivity contribution < 1.29 is 0 Å². The van der Waals surface area contributed by atoms with E-state index in [1.807, 2.05) is 12.3 Å². The molecule has 0 aromatic rings. The Morgan fingerprint density at radius 1 is 1.83 bits per heavy atom. The van der Waals surface area contributed by atoms with Crippen LogP contribution in [0.3, 0.4) is 0 Å². The molecule has 31 valence electrons. The lowest BCUT2D eigenvalue weighted by Gasteiger charge is -1.60. The smallest absolute Gasteiger partial charge is 0.138 e. The van der Waals surface area contributed by atoms with Crippen LogP contribution < -0.4 is 0 Å². The first-order valence-corrected chi connectivity index (χ1v) is 2.31. The summed E-state index contributed by atoms with van der Waals surface area (Å²) in [5, 5.41) is 12.3. The van der Waals surface area contributed by atoms with E-state index in [2.05, 4.69) is 5.41 Å². The van der Waals surface area contributed by atoms with E-state index in [4.69, 9.17) is 5.26 Å². The van der Waals surface area contributed by atoms with Crippen molar-refractivity contribution >= 4 is 11.8 Å². The van der Waals surface area contributed by atoms with E-state index in [1.54, 1.807) is 6.08 Å². The minimum Gasteiger partial charge on any atom is -0.185 e. The van der Waals surface area contributed by atoms with Gasteiger partial charge in [0.15, 0.2) is 0 Å². The van der Waals surface area contributed by atoms with Gasteiger partial charge < -0.3 is 0 Å². The summed E-state index contributed by atoms with van der Waals surface area (Å²) in [7, 11) is 0. The molecule has 0 aromatic carbocycles. The molecule has 0 bridgehead atoms. The zero-order chi connectivity index (χ0) is 4.83. The van der Waals surface area contributed by atoms with Crippen LogP contribution in [-0.2, 0) is 0 Å². The van der Waals surface area contributed by atoms with Crippen LogP contribution in [0.5, 0.6) is 0 Å². The van der Waals surface area contributed by atoms with Gasteiger partial charge >= 0.3 is 0 Å². The summed E-state index contributed by atoms with van der Waals surface area (Å²) in [6.45, 7) is 1.82. The van der Waals surface area contributed by atoms with Crippen LogP contribution in [0, 0.1) is 16.1 Å². The average Bonchev–Trinajstić information content (AvgIpc) is 1.61. The van der Waals surface area contributed by atoms with Crippen LogP contribution in [0.4, 0.5) is 0 Å². The number of hydrogen-bond acceptors (Lipinski definition) is 2. The number of rotatable bonds is 1. The second kappa shape index (κ2) is 4.58. The quantitative estimate of drug-likeness (QED) is 0.464. The zero-order valence-electron chi connectivity index (χ0n) is 3.43. The second-order valence-corrected chi connectivity index (χ2v) is 1.22. The Morgan fingerprint density at radius 2 is 2.50 bits per heavy atom. The summed E-state index contributed by atoms with van der Waals surface area (Å²) >= 11 is 1.01. The van der Waals surface area contributed by atoms with Crippen molar-refractivity contribution in [2.45, 2.75) is 6.92 Å². The Hall–Kier alpha value is -0.420. The fraction of sp³-hybridized carbons (Fsp3) is 0.250. The van der Waals surface area contributed by atoms with Crippen molar-refractivity contribution in [3.8, 4) is 5.40 Å². The molecule has 0 rings (SSSR count). The minimum absolute atomic E-state index is 1.01. The van der Waals surface area contributed by atoms with Crippen molar-refractivity contribution in [3.05, 3.63) is 11.5 Å². The number of nitriles is 1. The normalized spacial score (nSPS) is 8.67. The largest absolute Gasteiger partial charge is 0.185 e. The Morgan fingerprint density at radius 3 is 2.67 bits per heavy atom. The Labute approximate surface area is 41.7 Å². The van der Waals surface area contributed by atoms with Gasteiger partial charge in [0, 0.05) is 5.41 Å². The maximum atomic E-state index is 7.83. The number of thioether (sulfide) groups is 1. The predicted molar refractivity (Wildman–Crippen MR) is 26.7 cm³/mol. The van der Waals surface area contributed by atoms with Gasteiger partial charge in [0.2, 0.25) is 0 Å². The molecule has 0 fully saturated rings. The van der Waals surface area contributed by atoms with Crippen molar-refractivity contribution in [2.75, 3.05) is 0 Å². The van der Waals surface area contributed by atoms with E-state index in [0.29, 0.717) is 0 Å². The standard InChI is InChI=1S/C4H4NS/c1-2-3-6-4-5/h2H,1H3. The lowest BCUT2D eigenvalue weighted by Crippen LogP contribution is -1.37. The zero-order valence-corrected chi connectivity index (χ0v) is 4.25. The lowest BCUT2D eigenvalue weighted by atomic mass is 10.8. The average molecular weight is 98.2 g/mol. The van der Waals surface area contributed by atoms with Gasteiger partial charge in [-0.05, 0) is 18.7 Å². The molecule has 0 saturated heterocycles. The van der Waals surface area contributed by atoms with Gasteiger partial charge in [0.25, 0.3) is 0 Å². The molecular weight excluding hydrogens is 94.1 g/mol. The van der Waals surface area contributed by atoms with Crippen LogP contribution in [0.1, 0.15) is 6.92 Å². The monoisotopic (exact) mass is 98.0 g/mol. The van der Waals surface area contributed by atoms with Gasteiger partial charge in [0.1, 0.15) is 5.40 Å². The third-order valence-corrected chi connectivity index (χ3v) is 0.667. The highest BCUT2D eigenvalue weighted by molar-refractivity contribution is 8.05. The second-order valence-electron chi connectivity index (χ2n) is 0.600. The number of thiocyanates is 1. The molecule has 0 aliphatic rings. The molecule has 0 atom stereocenters. The van der Waals surface area contributed by atoms with Crippen molar-refractivity contribution in [3.63, 3.8) is 0 Å². The molecule has 0 saturated carbocycles. The van der Waals surface area contributed by atoms with Crippen LogP contribution in [0.2, 0.25) is 0 Å². The number of allylic oxidation sites excluding steroid dienone is 1. The predicted octanol–water partition coefficient (Wildman–Crippen LogP) is 1.54. The topological polar surface area (TPSA) is 23.8 Å². The first-order valence-electron chi connectivity index (χ1n) is 1.50. The fourth-order valence-electron chi connectivity index (χ4n) is 0.0853. The maximum absolute atomic E-state index is 7.83. The fourth-order valence-corrected chi connectivity index (χ4v) is 0.256. The summed E-state index contributed by atoms with van der Waals surface area (Å²) in [5.41, 5.74) is 0. The van der Waals surface area contributed by atoms with Crippen molar-refractivity contribution in [1.82, 2.24) is 0 Å². The SMILES string of the molecule is C/C=[C]/SC#N. The van der Waals surface area contributed by atoms with Crippen molar-refractivity contribution in [1.29, 1.82) is 5.26 Å². The van der Waals surface area contributed by atoms with Gasteiger partial charge in [-0.2, -0.15) is 5.26 Å². The first-order chi connectivity index (χ1) is 2.91.